The first-order valence-corrected chi connectivity index (χ1v) is 8.08. The summed E-state index contributed by atoms with van der Waals surface area (Å²) in [6, 6.07) is 8.23. The Hall–Kier alpha value is -1.88. The molecule has 4 nitrogen and oxygen atoms in total. The standard InChI is InChI=1S/C17H21N3OS/c1-5-6-14-15(21)19-16(22-14)20-18-11-12-7-9-13(10-8-12)17(2,3)4/h5,7-11,14H,1,6H2,2-4H3,(H,19,20,21)/b18-11+/t14-/m1/s1. The van der Waals surface area contributed by atoms with Crippen molar-refractivity contribution in [1.29, 1.82) is 0 Å². The minimum absolute atomic E-state index is 0.0339. The van der Waals surface area contributed by atoms with E-state index in [-0.39, 0.29) is 16.6 Å². The zero-order valence-electron chi connectivity index (χ0n) is 13.2. The van der Waals surface area contributed by atoms with Gasteiger partial charge in [0.2, 0.25) is 5.91 Å². The van der Waals surface area contributed by atoms with E-state index < -0.39 is 0 Å². The molecular formula is C17H21N3OS. The molecule has 0 radical (unpaired) electrons. The molecule has 0 aromatic heterocycles. The Morgan fingerprint density at radius 2 is 2.00 bits per heavy atom. The van der Waals surface area contributed by atoms with Gasteiger partial charge >= 0.3 is 0 Å². The van der Waals surface area contributed by atoms with Crippen molar-refractivity contribution in [2.75, 3.05) is 0 Å². The summed E-state index contributed by atoms with van der Waals surface area (Å²) in [6.07, 6.45) is 4.06. The van der Waals surface area contributed by atoms with E-state index >= 15 is 0 Å². The number of hydrogen-bond acceptors (Lipinski definition) is 4. The van der Waals surface area contributed by atoms with Gasteiger partial charge in [0.25, 0.3) is 0 Å². The van der Waals surface area contributed by atoms with Crippen LogP contribution in [0.5, 0.6) is 0 Å². The monoisotopic (exact) mass is 315 g/mol. The summed E-state index contributed by atoms with van der Waals surface area (Å²) < 4.78 is 0. The Bertz CT molecular complexity index is 612. The summed E-state index contributed by atoms with van der Waals surface area (Å²) in [7, 11) is 0. The maximum Gasteiger partial charge on any atom is 0.239 e. The fourth-order valence-corrected chi connectivity index (χ4v) is 2.90. The fourth-order valence-electron chi connectivity index (χ4n) is 1.98. The molecule has 0 saturated carbocycles. The van der Waals surface area contributed by atoms with E-state index in [1.54, 1.807) is 12.3 Å². The lowest BCUT2D eigenvalue weighted by Gasteiger charge is -2.18. The molecule has 1 fully saturated rings. The van der Waals surface area contributed by atoms with Gasteiger partial charge in [-0.05, 0) is 23.0 Å². The van der Waals surface area contributed by atoms with E-state index in [0.717, 1.165) is 5.56 Å². The topological polar surface area (TPSA) is 53.8 Å². The van der Waals surface area contributed by atoms with E-state index in [0.29, 0.717) is 11.6 Å². The second-order valence-electron chi connectivity index (χ2n) is 6.14. The molecule has 0 unspecified atom stereocenters. The molecule has 1 N–H and O–H groups in total. The number of nitrogens with zero attached hydrogens (tertiary/aromatic N) is 2. The van der Waals surface area contributed by atoms with Gasteiger partial charge in [0.15, 0.2) is 5.17 Å². The van der Waals surface area contributed by atoms with E-state index in [9.17, 15) is 4.79 Å². The Kier molecular flexibility index (Phi) is 5.19. The molecule has 1 atom stereocenters. The summed E-state index contributed by atoms with van der Waals surface area (Å²) in [5.41, 5.74) is 2.40. The zero-order valence-corrected chi connectivity index (χ0v) is 14.0. The van der Waals surface area contributed by atoms with Gasteiger partial charge in [-0.15, -0.1) is 11.7 Å². The Labute approximate surface area is 135 Å². The molecular weight excluding hydrogens is 294 g/mol. The van der Waals surface area contributed by atoms with Gasteiger partial charge in [0.05, 0.1) is 11.5 Å². The SMILES string of the molecule is C=CC[C@H]1S/C(=N/N=C/c2ccc(C(C)(C)C)cc2)NC1=O. The van der Waals surface area contributed by atoms with Crippen LogP contribution in [0.3, 0.4) is 0 Å². The second-order valence-corrected chi connectivity index (χ2v) is 7.33. The molecule has 0 spiro atoms. The van der Waals surface area contributed by atoms with E-state index in [1.165, 1.54) is 17.3 Å². The van der Waals surface area contributed by atoms with Crippen molar-refractivity contribution in [2.24, 2.45) is 10.2 Å². The van der Waals surface area contributed by atoms with Crippen LogP contribution in [0.2, 0.25) is 0 Å². The fraction of sp³-hybridized carbons (Fsp3) is 0.353. The molecule has 2 rings (SSSR count). The number of allylic oxidation sites excluding steroid dienone is 1. The number of amidine groups is 1. The molecule has 0 bridgehead atoms. The van der Waals surface area contributed by atoms with Crippen LogP contribution in [-0.2, 0) is 10.2 Å². The Balaban J connectivity index is 1.99. The Morgan fingerprint density at radius 3 is 2.59 bits per heavy atom. The van der Waals surface area contributed by atoms with Crippen LogP contribution in [0.1, 0.15) is 38.3 Å². The number of hydrogen-bond donors (Lipinski definition) is 1. The van der Waals surface area contributed by atoms with Crippen LogP contribution in [0.25, 0.3) is 0 Å². The molecule has 1 aromatic carbocycles. The van der Waals surface area contributed by atoms with Crippen molar-refractivity contribution in [2.45, 2.75) is 37.9 Å². The Morgan fingerprint density at radius 1 is 1.32 bits per heavy atom. The molecule has 22 heavy (non-hydrogen) atoms. The van der Waals surface area contributed by atoms with Gasteiger partial charge in [-0.1, -0.05) is 62.9 Å². The lowest BCUT2D eigenvalue weighted by Crippen LogP contribution is -2.24. The number of amides is 1. The first-order chi connectivity index (χ1) is 10.4. The zero-order chi connectivity index (χ0) is 16.2. The second kappa shape index (κ2) is 6.92. The van der Waals surface area contributed by atoms with Crippen LogP contribution in [-0.4, -0.2) is 22.5 Å². The van der Waals surface area contributed by atoms with Crippen molar-refractivity contribution < 1.29 is 4.79 Å². The number of nitrogens with one attached hydrogen (secondary N) is 1. The van der Waals surface area contributed by atoms with Crippen LogP contribution in [0.15, 0.2) is 47.1 Å². The largest absolute Gasteiger partial charge is 0.303 e. The number of thioether (sulfide) groups is 1. The van der Waals surface area contributed by atoms with Gasteiger partial charge < -0.3 is 5.32 Å². The highest BCUT2D eigenvalue weighted by atomic mass is 32.2. The van der Waals surface area contributed by atoms with Crippen LogP contribution >= 0.6 is 11.8 Å². The van der Waals surface area contributed by atoms with Crippen LogP contribution < -0.4 is 5.32 Å². The summed E-state index contributed by atoms with van der Waals surface area (Å²) in [5, 5.41) is 11.2. The van der Waals surface area contributed by atoms with Crippen LogP contribution in [0, 0.1) is 0 Å². The molecule has 0 aliphatic carbocycles. The lowest BCUT2D eigenvalue weighted by atomic mass is 9.87. The average Bonchev–Trinajstić information content (AvgIpc) is 2.79. The van der Waals surface area contributed by atoms with E-state index in [2.05, 4.69) is 55.0 Å². The highest BCUT2D eigenvalue weighted by Gasteiger charge is 2.28. The van der Waals surface area contributed by atoms with E-state index in [1.807, 2.05) is 12.1 Å². The van der Waals surface area contributed by atoms with Crippen molar-refractivity contribution in [3.63, 3.8) is 0 Å². The minimum atomic E-state index is -0.141. The van der Waals surface area contributed by atoms with Crippen molar-refractivity contribution >= 4 is 29.1 Å². The summed E-state index contributed by atoms with van der Waals surface area (Å²) >= 11 is 1.39. The summed E-state index contributed by atoms with van der Waals surface area (Å²) in [4.78, 5) is 11.6. The predicted molar refractivity (Wildman–Crippen MR) is 94.5 cm³/mol. The highest BCUT2D eigenvalue weighted by Crippen LogP contribution is 2.23. The molecule has 1 aromatic rings. The maximum atomic E-state index is 11.6. The van der Waals surface area contributed by atoms with Gasteiger partial charge in [-0.25, -0.2) is 0 Å². The highest BCUT2D eigenvalue weighted by molar-refractivity contribution is 8.15. The van der Waals surface area contributed by atoms with Crippen LogP contribution in [0.4, 0.5) is 0 Å². The first kappa shape index (κ1) is 16.5. The molecule has 1 heterocycles. The maximum absolute atomic E-state index is 11.6. The smallest absolute Gasteiger partial charge is 0.239 e. The van der Waals surface area contributed by atoms with E-state index in [4.69, 9.17) is 0 Å². The molecule has 1 aliphatic heterocycles. The number of benzene rings is 1. The third-order valence-corrected chi connectivity index (χ3v) is 4.39. The number of rotatable bonds is 4. The minimum Gasteiger partial charge on any atom is -0.303 e. The predicted octanol–water partition coefficient (Wildman–Crippen LogP) is 3.48. The third-order valence-electron chi connectivity index (χ3n) is 3.29. The van der Waals surface area contributed by atoms with Gasteiger partial charge in [0, 0.05) is 0 Å². The van der Waals surface area contributed by atoms with Gasteiger partial charge in [-0.2, -0.15) is 5.10 Å². The molecule has 116 valence electrons. The lowest BCUT2D eigenvalue weighted by molar-refractivity contribution is -0.118. The summed E-state index contributed by atoms with van der Waals surface area (Å²) in [6.45, 7) is 10.2. The van der Waals surface area contributed by atoms with Crippen molar-refractivity contribution in [1.82, 2.24) is 5.32 Å². The third kappa shape index (κ3) is 4.31. The van der Waals surface area contributed by atoms with Crippen molar-refractivity contribution in [3.8, 4) is 0 Å². The van der Waals surface area contributed by atoms with Gasteiger partial charge in [0.1, 0.15) is 0 Å². The number of carbonyl (C=O) groups is 1. The molecule has 1 amide bonds. The van der Waals surface area contributed by atoms with Gasteiger partial charge in [-0.3, -0.25) is 4.79 Å². The average molecular weight is 315 g/mol. The summed E-state index contributed by atoms with van der Waals surface area (Å²) in [5.74, 6) is -0.0339. The molecule has 1 saturated heterocycles. The van der Waals surface area contributed by atoms with Crippen molar-refractivity contribution in [3.05, 3.63) is 48.0 Å². The molecule has 1 aliphatic rings. The molecule has 5 heteroatoms. The quantitative estimate of drug-likeness (QED) is 0.525. The number of carbonyl (C=O) groups excluding carboxylic acids is 1. The first-order valence-electron chi connectivity index (χ1n) is 7.20. The normalized spacial score (nSPS) is 20.6.